The minimum absolute atomic E-state index is 0.136. The Morgan fingerprint density at radius 2 is 1.65 bits per heavy atom. The Balaban J connectivity index is 1.30. The number of hydrogen-bond donors (Lipinski definition) is 2. The Labute approximate surface area is 260 Å². The van der Waals surface area contributed by atoms with Gasteiger partial charge in [0, 0.05) is 24.9 Å². The predicted octanol–water partition coefficient (Wildman–Crippen LogP) is 6.33. The van der Waals surface area contributed by atoms with Gasteiger partial charge >= 0.3 is 6.09 Å². The summed E-state index contributed by atoms with van der Waals surface area (Å²) < 4.78 is 5.52. The summed E-state index contributed by atoms with van der Waals surface area (Å²) in [7, 11) is 0. The zero-order valence-electron chi connectivity index (χ0n) is 25.5. The lowest BCUT2D eigenvalue weighted by atomic mass is 9.88. The molecule has 1 aliphatic rings. The van der Waals surface area contributed by atoms with Gasteiger partial charge in [0.1, 0.15) is 15.6 Å². The molecule has 3 amide bonds. The van der Waals surface area contributed by atoms with Crippen molar-refractivity contribution in [3.05, 3.63) is 45.4 Å². The van der Waals surface area contributed by atoms with Gasteiger partial charge in [0.15, 0.2) is 0 Å². The Hall–Kier alpha value is -3.45. The fraction of sp³-hybridized carbons (Fsp3) is 0.567. The number of rotatable bonds is 12. The van der Waals surface area contributed by atoms with E-state index < -0.39 is 5.60 Å². The van der Waals surface area contributed by atoms with Gasteiger partial charge in [-0.3, -0.25) is 9.59 Å². The van der Waals surface area contributed by atoms with Crippen LogP contribution < -0.4 is 10.6 Å². The second-order valence-corrected chi connectivity index (χ2v) is 13.8. The van der Waals surface area contributed by atoms with Gasteiger partial charge in [-0.2, -0.15) is 0 Å². The van der Waals surface area contributed by atoms with Gasteiger partial charge in [-0.25, -0.2) is 4.79 Å². The summed E-state index contributed by atoms with van der Waals surface area (Å²) in [5.41, 5.74) is 1.62. The van der Waals surface area contributed by atoms with Gasteiger partial charge in [-0.15, -0.1) is 20.4 Å². The van der Waals surface area contributed by atoms with E-state index in [2.05, 4.69) is 57.0 Å². The molecular formula is C30H41N7O4S2. The van der Waals surface area contributed by atoms with E-state index in [4.69, 9.17) is 4.74 Å². The number of carbonyl (C=O) groups is 3. The van der Waals surface area contributed by atoms with Crippen molar-refractivity contribution < 1.29 is 19.1 Å². The first-order chi connectivity index (χ1) is 20.6. The molecule has 0 aliphatic carbocycles. The third kappa shape index (κ3) is 9.27. The number of likely N-dealkylation sites (tertiary alicyclic amines) is 1. The van der Waals surface area contributed by atoms with Crippen LogP contribution in [0.2, 0.25) is 0 Å². The van der Waals surface area contributed by atoms with E-state index in [1.807, 2.05) is 32.9 Å². The molecule has 11 nitrogen and oxygen atoms in total. The highest BCUT2D eigenvalue weighted by atomic mass is 32.1. The average Bonchev–Trinajstić information content (AvgIpc) is 3.63. The molecule has 43 heavy (non-hydrogen) atoms. The van der Waals surface area contributed by atoms with E-state index in [-0.39, 0.29) is 30.3 Å². The normalized spacial score (nSPS) is 15.5. The van der Waals surface area contributed by atoms with Crippen LogP contribution in [0.5, 0.6) is 0 Å². The van der Waals surface area contributed by atoms with Crippen molar-refractivity contribution in [1.82, 2.24) is 25.3 Å². The summed E-state index contributed by atoms with van der Waals surface area (Å²) in [4.78, 5) is 37.9. The SMILES string of the molecule is CCC(C[C@H](CC)c1nnc(NC=O)s1)c1nnc(NC(=O)Cc2cccc(C3CCN(C(=O)OC(C)(C)C)CC3)c2)s1. The maximum atomic E-state index is 12.9. The number of anilines is 2. The smallest absolute Gasteiger partial charge is 0.410 e. The number of nitrogens with one attached hydrogen (secondary N) is 2. The number of piperidine rings is 1. The molecule has 4 rings (SSSR count). The van der Waals surface area contributed by atoms with E-state index in [0.29, 0.717) is 35.7 Å². The number of benzene rings is 1. The molecule has 232 valence electrons. The largest absolute Gasteiger partial charge is 0.444 e. The summed E-state index contributed by atoms with van der Waals surface area (Å²) in [6.45, 7) is 11.2. The van der Waals surface area contributed by atoms with Crippen LogP contribution in [-0.2, 0) is 20.7 Å². The van der Waals surface area contributed by atoms with Gasteiger partial charge < -0.3 is 20.3 Å². The molecule has 1 aromatic carbocycles. The highest BCUT2D eigenvalue weighted by Gasteiger charge is 2.28. The topological polar surface area (TPSA) is 139 Å². The van der Waals surface area contributed by atoms with E-state index in [1.165, 1.54) is 28.2 Å². The van der Waals surface area contributed by atoms with Crippen molar-refractivity contribution in [2.45, 2.75) is 96.5 Å². The molecule has 1 aliphatic heterocycles. The zero-order valence-corrected chi connectivity index (χ0v) is 27.1. The third-order valence-electron chi connectivity index (χ3n) is 7.50. The van der Waals surface area contributed by atoms with Crippen LogP contribution >= 0.6 is 22.7 Å². The summed E-state index contributed by atoms with van der Waals surface area (Å²) >= 11 is 2.80. The molecule has 0 saturated carbocycles. The molecule has 13 heteroatoms. The van der Waals surface area contributed by atoms with Crippen LogP contribution in [-0.4, -0.2) is 62.4 Å². The molecule has 1 unspecified atom stereocenters. The molecule has 0 spiro atoms. The molecule has 2 atom stereocenters. The monoisotopic (exact) mass is 627 g/mol. The quantitative estimate of drug-likeness (QED) is 0.222. The van der Waals surface area contributed by atoms with Crippen molar-refractivity contribution in [1.29, 1.82) is 0 Å². The molecule has 2 N–H and O–H groups in total. The molecule has 0 radical (unpaired) electrons. The lowest BCUT2D eigenvalue weighted by molar-refractivity contribution is -0.115. The number of nitrogens with zero attached hydrogens (tertiary/aromatic N) is 5. The third-order valence-corrected chi connectivity index (χ3v) is 9.52. The van der Waals surface area contributed by atoms with E-state index >= 15 is 0 Å². The zero-order chi connectivity index (χ0) is 31.0. The van der Waals surface area contributed by atoms with Crippen molar-refractivity contribution in [2.24, 2.45) is 0 Å². The van der Waals surface area contributed by atoms with E-state index in [9.17, 15) is 14.4 Å². The number of hydrogen-bond acceptors (Lipinski definition) is 10. The Kier molecular flexibility index (Phi) is 11.2. The Morgan fingerprint density at radius 3 is 2.26 bits per heavy atom. The minimum Gasteiger partial charge on any atom is -0.444 e. The first-order valence-corrected chi connectivity index (χ1v) is 16.4. The first kappa shape index (κ1) is 32.5. The maximum Gasteiger partial charge on any atom is 0.410 e. The molecule has 1 fully saturated rings. The van der Waals surface area contributed by atoms with Crippen molar-refractivity contribution in [2.75, 3.05) is 23.7 Å². The van der Waals surface area contributed by atoms with Crippen LogP contribution in [0.15, 0.2) is 24.3 Å². The average molecular weight is 628 g/mol. The highest BCUT2D eigenvalue weighted by Crippen LogP contribution is 2.38. The number of ether oxygens (including phenoxy) is 1. The van der Waals surface area contributed by atoms with Crippen molar-refractivity contribution in [3.8, 4) is 0 Å². The molecule has 2 aromatic heterocycles. The second kappa shape index (κ2) is 14.8. The molecular weight excluding hydrogens is 587 g/mol. The molecule has 1 saturated heterocycles. The van der Waals surface area contributed by atoms with Gasteiger partial charge in [-0.05, 0) is 69.9 Å². The fourth-order valence-electron chi connectivity index (χ4n) is 5.21. The van der Waals surface area contributed by atoms with Gasteiger partial charge in [0.05, 0.1) is 6.42 Å². The molecule has 0 bridgehead atoms. The highest BCUT2D eigenvalue weighted by molar-refractivity contribution is 7.15. The van der Waals surface area contributed by atoms with E-state index in [0.717, 1.165) is 47.7 Å². The van der Waals surface area contributed by atoms with Gasteiger partial charge in [0.2, 0.25) is 22.6 Å². The summed E-state index contributed by atoms with van der Waals surface area (Å²) in [5.74, 6) is 0.544. The lowest BCUT2D eigenvalue weighted by Crippen LogP contribution is -2.41. The van der Waals surface area contributed by atoms with Crippen LogP contribution in [0.1, 0.15) is 106 Å². The Bertz CT molecular complexity index is 1380. The van der Waals surface area contributed by atoms with E-state index in [1.54, 1.807) is 4.90 Å². The summed E-state index contributed by atoms with van der Waals surface area (Å²) in [6, 6.07) is 8.15. The number of amides is 3. The summed E-state index contributed by atoms with van der Waals surface area (Å²) in [6.07, 6.45) is 4.89. The fourth-order valence-corrected chi connectivity index (χ4v) is 7.07. The Morgan fingerprint density at radius 1 is 1.02 bits per heavy atom. The second-order valence-electron chi connectivity index (χ2n) is 11.8. The van der Waals surface area contributed by atoms with Crippen LogP contribution in [0, 0.1) is 0 Å². The maximum absolute atomic E-state index is 12.9. The molecule has 3 heterocycles. The van der Waals surface area contributed by atoms with Crippen molar-refractivity contribution >= 4 is 51.3 Å². The number of aromatic nitrogens is 4. The van der Waals surface area contributed by atoms with Crippen LogP contribution in [0.3, 0.4) is 0 Å². The summed E-state index contributed by atoms with van der Waals surface area (Å²) in [5, 5.41) is 25.2. The minimum atomic E-state index is -0.504. The van der Waals surface area contributed by atoms with Gasteiger partial charge in [0.25, 0.3) is 0 Å². The lowest BCUT2D eigenvalue weighted by Gasteiger charge is -2.33. The number of carbonyl (C=O) groups excluding carboxylic acids is 3. The standard InChI is InChI=1S/C30H41N7O4S2/c1-6-20(25-33-35-27(42-25)31-18-38)17-21(7-2)26-34-36-28(43-26)32-24(39)16-19-9-8-10-23(15-19)22-11-13-37(14-12-22)29(40)41-30(3,4)5/h8-10,15,18,20-22H,6-7,11-14,16-17H2,1-5H3,(H,31,35,38)(H,32,36,39)/t20-,21?/m0/s1. The van der Waals surface area contributed by atoms with Crippen LogP contribution in [0.25, 0.3) is 0 Å². The first-order valence-electron chi connectivity index (χ1n) is 14.8. The molecule has 3 aromatic rings. The predicted molar refractivity (Wildman–Crippen MR) is 169 cm³/mol. The van der Waals surface area contributed by atoms with Crippen LogP contribution in [0.4, 0.5) is 15.1 Å². The van der Waals surface area contributed by atoms with Gasteiger partial charge in [-0.1, -0.05) is 60.8 Å². The van der Waals surface area contributed by atoms with Crippen molar-refractivity contribution in [3.63, 3.8) is 0 Å².